The predicted molar refractivity (Wildman–Crippen MR) is 124 cm³/mol. The number of furan rings is 1. The Morgan fingerprint density at radius 2 is 2.00 bits per heavy atom. The number of ether oxygens (including phenoxy) is 2. The summed E-state index contributed by atoms with van der Waals surface area (Å²) in [6, 6.07) is 12.0. The molecule has 0 bridgehead atoms. The number of aliphatic imine (C=N–C) groups is 1. The molecule has 1 aromatic heterocycles. The normalized spacial score (nSPS) is 16.0. The fourth-order valence-corrected chi connectivity index (χ4v) is 3.34. The molecule has 0 saturated carbocycles. The Balaban J connectivity index is 1.54. The summed E-state index contributed by atoms with van der Waals surface area (Å²) in [6.45, 7) is 7.95. The smallest absolute Gasteiger partial charge is 0.407 e. The minimum Gasteiger partial charge on any atom is -0.493 e. The third-order valence-electron chi connectivity index (χ3n) is 4.79. The molecule has 0 aliphatic carbocycles. The highest BCUT2D eigenvalue weighted by molar-refractivity contribution is 5.80. The first-order chi connectivity index (χ1) is 15.4. The summed E-state index contributed by atoms with van der Waals surface area (Å²) in [4.78, 5) is 16.5. The maximum Gasteiger partial charge on any atom is 0.407 e. The van der Waals surface area contributed by atoms with Gasteiger partial charge in [0.25, 0.3) is 0 Å². The number of fused-ring (bicyclic) bond motifs is 1. The molecule has 174 valence electrons. The van der Waals surface area contributed by atoms with Gasteiger partial charge < -0.3 is 29.8 Å². The maximum absolute atomic E-state index is 11.8. The van der Waals surface area contributed by atoms with Crippen molar-refractivity contribution in [1.29, 1.82) is 0 Å². The number of alkyl carbamates (subject to hydrolysis) is 1. The van der Waals surface area contributed by atoms with Crippen LogP contribution < -0.4 is 20.7 Å². The van der Waals surface area contributed by atoms with Crippen molar-refractivity contribution in [1.82, 2.24) is 16.0 Å². The molecule has 8 nitrogen and oxygen atoms in total. The Morgan fingerprint density at radius 1 is 1.16 bits per heavy atom. The number of hydrogen-bond donors (Lipinski definition) is 3. The van der Waals surface area contributed by atoms with Gasteiger partial charge in [0.05, 0.1) is 18.9 Å². The van der Waals surface area contributed by atoms with Crippen LogP contribution in [0.4, 0.5) is 4.79 Å². The van der Waals surface area contributed by atoms with Gasteiger partial charge in [-0.15, -0.1) is 0 Å². The number of guanidine groups is 1. The van der Waals surface area contributed by atoms with Gasteiger partial charge in [-0.25, -0.2) is 4.79 Å². The number of carbonyl (C=O) groups is 1. The zero-order valence-corrected chi connectivity index (χ0v) is 19.1. The average molecular weight is 443 g/mol. The standard InChI is InChI=1S/C24H34N4O4/c1-24(2,3)32-23(29)27-14-7-13-25-22(26-15-11-18-8-6-16-30-18)28-20-12-17-31-21-10-5-4-9-19(20)21/h4-6,8-10,16,20H,7,11-15,17H2,1-3H3,(H,27,29)(H2,25,26,28). The van der Waals surface area contributed by atoms with E-state index in [4.69, 9.17) is 18.9 Å². The number of amides is 1. The van der Waals surface area contributed by atoms with Crippen LogP contribution in [0.5, 0.6) is 5.75 Å². The number of carbonyl (C=O) groups excluding carboxylic acids is 1. The van der Waals surface area contributed by atoms with Gasteiger partial charge >= 0.3 is 6.09 Å². The van der Waals surface area contributed by atoms with Gasteiger partial charge in [-0.3, -0.25) is 4.99 Å². The Bertz CT molecular complexity index is 874. The number of benzene rings is 1. The van der Waals surface area contributed by atoms with Crippen LogP contribution in [0.3, 0.4) is 0 Å². The lowest BCUT2D eigenvalue weighted by Crippen LogP contribution is -2.42. The molecule has 0 saturated heterocycles. The molecule has 3 rings (SSSR count). The van der Waals surface area contributed by atoms with E-state index in [9.17, 15) is 4.79 Å². The zero-order valence-electron chi connectivity index (χ0n) is 19.1. The lowest BCUT2D eigenvalue weighted by Gasteiger charge is -2.28. The Morgan fingerprint density at radius 3 is 2.78 bits per heavy atom. The Hall–Kier alpha value is -3.16. The van der Waals surface area contributed by atoms with Gasteiger partial charge in [-0.2, -0.15) is 0 Å². The highest BCUT2D eigenvalue weighted by atomic mass is 16.6. The summed E-state index contributed by atoms with van der Waals surface area (Å²) >= 11 is 0. The molecular formula is C24H34N4O4. The molecule has 1 aliphatic heterocycles. The van der Waals surface area contributed by atoms with Crippen LogP contribution in [0.1, 0.15) is 51.0 Å². The molecule has 2 aromatic rings. The second-order valence-electron chi connectivity index (χ2n) is 8.64. The van der Waals surface area contributed by atoms with Gasteiger partial charge in [-0.05, 0) is 45.4 Å². The molecule has 1 aromatic carbocycles. The lowest BCUT2D eigenvalue weighted by atomic mass is 10.0. The van der Waals surface area contributed by atoms with Crippen LogP contribution in [0, 0.1) is 0 Å². The van der Waals surface area contributed by atoms with E-state index in [1.165, 1.54) is 0 Å². The molecule has 1 atom stereocenters. The topological polar surface area (TPSA) is 97.1 Å². The van der Waals surface area contributed by atoms with Crippen molar-refractivity contribution in [2.24, 2.45) is 4.99 Å². The number of para-hydroxylation sites is 1. The predicted octanol–water partition coefficient (Wildman–Crippen LogP) is 3.80. The molecular weight excluding hydrogens is 408 g/mol. The number of hydrogen-bond acceptors (Lipinski definition) is 5. The summed E-state index contributed by atoms with van der Waals surface area (Å²) in [5.74, 6) is 2.57. The van der Waals surface area contributed by atoms with Crippen molar-refractivity contribution in [3.63, 3.8) is 0 Å². The molecule has 0 radical (unpaired) electrons. The molecule has 1 amide bonds. The van der Waals surface area contributed by atoms with E-state index < -0.39 is 11.7 Å². The SMILES string of the molecule is CC(C)(C)OC(=O)NCCCN=C(NCCc1ccco1)NC1CCOc2ccccc21. The van der Waals surface area contributed by atoms with E-state index in [0.717, 1.165) is 35.9 Å². The molecule has 1 unspecified atom stereocenters. The molecule has 1 aliphatic rings. The molecule has 32 heavy (non-hydrogen) atoms. The summed E-state index contributed by atoms with van der Waals surface area (Å²) in [7, 11) is 0. The zero-order chi connectivity index (χ0) is 22.8. The van der Waals surface area contributed by atoms with Gasteiger partial charge in [-0.1, -0.05) is 18.2 Å². The van der Waals surface area contributed by atoms with Gasteiger partial charge in [0.15, 0.2) is 5.96 Å². The van der Waals surface area contributed by atoms with Crippen LogP contribution in [-0.2, 0) is 11.2 Å². The van der Waals surface area contributed by atoms with E-state index in [2.05, 4.69) is 22.0 Å². The summed E-state index contributed by atoms with van der Waals surface area (Å²) in [5.41, 5.74) is 0.628. The first-order valence-corrected chi connectivity index (χ1v) is 11.2. The molecule has 0 spiro atoms. The van der Waals surface area contributed by atoms with Crippen molar-refractivity contribution < 1.29 is 18.7 Å². The molecule has 8 heteroatoms. The highest BCUT2D eigenvalue weighted by Crippen LogP contribution is 2.31. The largest absolute Gasteiger partial charge is 0.493 e. The average Bonchev–Trinajstić information content (AvgIpc) is 3.26. The summed E-state index contributed by atoms with van der Waals surface area (Å²) in [5, 5.41) is 9.70. The van der Waals surface area contributed by atoms with Crippen LogP contribution in [0.25, 0.3) is 0 Å². The lowest BCUT2D eigenvalue weighted by molar-refractivity contribution is 0.0527. The van der Waals surface area contributed by atoms with Gasteiger partial charge in [0.1, 0.15) is 17.1 Å². The van der Waals surface area contributed by atoms with Crippen LogP contribution >= 0.6 is 0 Å². The van der Waals surface area contributed by atoms with Crippen molar-refractivity contribution in [2.45, 2.75) is 51.7 Å². The third kappa shape index (κ3) is 7.83. The van der Waals surface area contributed by atoms with E-state index >= 15 is 0 Å². The van der Waals surface area contributed by atoms with Crippen molar-refractivity contribution in [3.05, 3.63) is 54.0 Å². The first-order valence-electron chi connectivity index (χ1n) is 11.2. The van der Waals surface area contributed by atoms with Crippen molar-refractivity contribution >= 4 is 12.1 Å². The van der Waals surface area contributed by atoms with Crippen molar-refractivity contribution in [3.8, 4) is 5.75 Å². The highest BCUT2D eigenvalue weighted by Gasteiger charge is 2.22. The van der Waals surface area contributed by atoms with E-state index in [-0.39, 0.29) is 6.04 Å². The fraction of sp³-hybridized carbons (Fsp3) is 0.500. The maximum atomic E-state index is 11.8. The Labute approximate surface area is 189 Å². The fourth-order valence-electron chi connectivity index (χ4n) is 3.34. The number of nitrogens with one attached hydrogen (secondary N) is 3. The third-order valence-corrected chi connectivity index (χ3v) is 4.79. The molecule has 2 heterocycles. The van der Waals surface area contributed by atoms with Gasteiger partial charge in [0.2, 0.25) is 0 Å². The summed E-state index contributed by atoms with van der Waals surface area (Å²) < 4.78 is 16.4. The minimum absolute atomic E-state index is 0.120. The van der Waals surface area contributed by atoms with Crippen LogP contribution in [-0.4, -0.2) is 43.9 Å². The monoisotopic (exact) mass is 442 g/mol. The molecule has 0 fully saturated rings. The van der Waals surface area contributed by atoms with Crippen LogP contribution in [0.15, 0.2) is 52.1 Å². The number of nitrogens with zero attached hydrogens (tertiary/aromatic N) is 1. The second kappa shape index (κ2) is 11.5. The van der Waals surface area contributed by atoms with E-state index in [1.54, 1.807) is 6.26 Å². The minimum atomic E-state index is -0.503. The quantitative estimate of drug-likeness (QED) is 0.327. The number of rotatable bonds is 8. The van der Waals surface area contributed by atoms with E-state index in [1.807, 2.05) is 51.1 Å². The molecule has 3 N–H and O–H groups in total. The summed E-state index contributed by atoms with van der Waals surface area (Å²) in [6.07, 6.45) is 3.59. The van der Waals surface area contributed by atoms with Crippen LogP contribution in [0.2, 0.25) is 0 Å². The Kier molecular flexibility index (Phi) is 8.41. The second-order valence-corrected chi connectivity index (χ2v) is 8.64. The van der Waals surface area contributed by atoms with Gasteiger partial charge in [0, 0.05) is 38.0 Å². The van der Waals surface area contributed by atoms with Crippen molar-refractivity contribution in [2.75, 3.05) is 26.2 Å². The van der Waals surface area contributed by atoms with E-state index in [0.29, 0.717) is 32.7 Å². The first kappa shape index (κ1) is 23.5.